The Balaban J connectivity index is 1.49. The Morgan fingerprint density at radius 1 is 1.26 bits per heavy atom. The molecule has 2 fully saturated rings. The van der Waals surface area contributed by atoms with Crippen molar-refractivity contribution in [1.82, 2.24) is 9.97 Å². The molecule has 4 rings (SSSR count). The smallest absolute Gasteiger partial charge is 0.324 e. The summed E-state index contributed by atoms with van der Waals surface area (Å²) in [5.74, 6) is 0.810. The number of carbonyl (C=O) groups excluding carboxylic acids is 1. The number of anilines is 3. The van der Waals surface area contributed by atoms with Crippen LogP contribution in [-0.2, 0) is 4.74 Å². The maximum absolute atomic E-state index is 12.5. The summed E-state index contributed by atoms with van der Waals surface area (Å²) < 4.78 is 11.6. The molecule has 10 heteroatoms. The van der Waals surface area contributed by atoms with E-state index in [9.17, 15) is 4.79 Å². The highest BCUT2D eigenvalue weighted by Gasteiger charge is 2.22. The minimum atomic E-state index is -0.483. The molecule has 0 aliphatic carbocycles. The van der Waals surface area contributed by atoms with Crippen molar-refractivity contribution < 1.29 is 14.3 Å². The molecule has 2 saturated heterocycles. The van der Waals surface area contributed by atoms with Crippen LogP contribution in [-0.4, -0.2) is 48.4 Å². The highest BCUT2D eigenvalue weighted by molar-refractivity contribution is 6.32. The van der Waals surface area contributed by atoms with E-state index in [1.165, 1.54) is 12.4 Å². The van der Waals surface area contributed by atoms with Gasteiger partial charge in [-0.15, -0.1) is 0 Å². The van der Waals surface area contributed by atoms with Crippen LogP contribution in [0.2, 0.25) is 5.02 Å². The second-order valence-corrected chi connectivity index (χ2v) is 7.82. The summed E-state index contributed by atoms with van der Waals surface area (Å²) in [6.07, 6.45) is 6.90. The molecule has 2 aromatic rings. The van der Waals surface area contributed by atoms with Crippen molar-refractivity contribution in [1.29, 1.82) is 5.26 Å². The Kier molecular flexibility index (Phi) is 6.70. The Hall–Kier alpha value is -3.09. The first kappa shape index (κ1) is 21.2. The Morgan fingerprint density at radius 3 is 2.77 bits per heavy atom. The van der Waals surface area contributed by atoms with Gasteiger partial charge in [0.05, 0.1) is 34.9 Å². The lowest BCUT2D eigenvalue weighted by Gasteiger charge is -2.23. The third-order valence-corrected chi connectivity index (χ3v) is 5.50. The summed E-state index contributed by atoms with van der Waals surface area (Å²) in [7, 11) is 0. The van der Waals surface area contributed by atoms with E-state index in [-0.39, 0.29) is 17.6 Å². The fraction of sp³-hybridized carbons (Fsp3) is 0.429. The molecule has 162 valence electrons. The quantitative estimate of drug-likeness (QED) is 0.699. The van der Waals surface area contributed by atoms with Crippen molar-refractivity contribution in [3.63, 3.8) is 0 Å². The van der Waals surface area contributed by atoms with Gasteiger partial charge in [0.15, 0.2) is 11.5 Å². The van der Waals surface area contributed by atoms with E-state index in [1.54, 1.807) is 6.07 Å². The summed E-state index contributed by atoms with van der Waals surface area (Å²) >= 11 is 6.46. The fourth-order valence-electron chi connectivity index (χ4n) is 3.65. The zero-order valence-corrected chi connectivity index (χ0v) is 17.7. The van der Waals surface area contributed by atoms with Crippen LogP contribution in [0.3, 0.4) is 0 Å². The zero-order valence-electron chi connectivity index (χ0n) is 16.9. The molecular weight excluding hydrogens is 420 g/mol. The number of ether oxygens (including phenoxy) is 2. The number of nitrogens with one attached hydrogen (secondary N) is 2. The Bertz CT molecular complexity index is 966. The van der Waals surface area contributed by atoms with E-state index in [0.29, 0.717) is 23.1 Å². The second-order valence-electron chi connectivity index (χ2n) is 7.42. The molecule has 2 amide bonds. The number of rotatable bonds is 6. The molecule has 2 aliphatic rings. The minimum Gasteiger partial charge on any atom is -0.489 e. The van der Waals surface area contributed by atoms with E-state index in [2.05, 4.69) is 25.5 Å². The first-order valence-corrected chi connectivity index (χ1v) is 10.6. The maximum atomic E-state index is 12.5. The topological polar surface area (TPSA) is 112 Å². The highest BCUT2D eigenvalue weighted by Crippen LogP contribution is 2.38. The summed E-state index contributed by atoms with van der Waals surface area (Å²) in [5, 5.41) is 14.7. The van der Waals surface area contributed by atoms with Gasteiger partial charge in [-0.25, -0.2) is 14.8 Å². The second kappa shape index (κ2) is 9.81. The first-order valence-electron chi connectivity index (χ1n) is 10.3. The van der Waals surface area contributed by atoms with Crippen LogP contribution in [0.25, 0.3) is 0 Å². The molecule has 1 aromatic carbocycles. The molecule has 2 aliphatic heterocycles. The van der Waals surface area contributed by atoms with Crippen LogP contribution in [0.15, 0.2) is 24.5 Å². The van der Waals surface area contributed by atoms with Gasteiger partial charge in [0.2, 0.25) is 0 Å². The van der Waals surface area contributed by atoms with Crippen LogP contribution in [0, 0.1) is 11.3 Å². The van der Waals surface area contributed by atoms with E-state index in [1.807, 2.05) is 12.1 Å². The number of hydrogen-bond donors (Lipinski definition) is 2. The molecule has 3 heterocycles. The van der Waals surface area contributed by atoms with Gasteiger partial charge in [-0.1, -0.05) is 11.6 Å². The van der Waals surface area contributed by atoms with Gasteiger partial charge in [0.1, 0.15) is 18.4 Å². The molecule has 1 atom stereocenters. The van der Waals surface area contributed by atoms with E-state index in [0.717, 1.165) is 51.1 Å². The molecule has 31 heavy (non-hydrogen) atoms. The van der Waals surface area contributed by atoms with Gasteiger partial charge >= 0.3 is 6.03 Å². The number of carbonyl (C=O) groups is 1. The molecule has 9 nitrogen and oxygen atoms in total. The number of hydrogen-bond acceptors (Lipinski definition) is 7. The molecule has 0 spiro atoms. The third-order valence-electron chi connectivity index (χ3n) is 5.20. The summed E-state index contributed by atoms with van der Waals surface area (Å²) in [6, 6.07) is 4.97. The molecule has 2 N–H and O–H groups in total. The number of urea groups is 1. The molecule has 1 aromatic heterocycles. The van der Waals surface area contributed by atoms with E-state index >= 15 is 0 Å². The molecule has 0 bridgehead atoms. The molecule has 1 unspecified atom stereocenters. The monoisotopic (exact) mass is 442 g/mol. The van der Waals surface area contributed by atoms with Gasteiger partial charge in [0.25, 0.3) is 0 Å². The van der Waals surface area contributed by atoms with Crippen molar-refractivity contribution in [3.8, 4) is 11.8 Å². The van der Waals surface area contributed by atoms with Crippen molar-refractivity contribution in [2.45, 2.75) is 31.8 Å². The standard InChI is InChI=1S/C21H23ClN6O3/c22-16-8-17(26-21(29)27-20-12-24-14(10-23)11-25-20)18(28-5-1-2-6-28)9-19(16)31-13-15-4-3-7-30-15/h8-9,11-12,15H,1-7,13H2,(H2,25,26,27,29). The zero-order chi connectivity index (χ0) is 21.6. The van der Waals surface area contributed by atoms with Crippen LogP contribution < -0.4 is 20.3 Å². The summed E-state index contributed by atoms with van der Waals surface area (Å²) in [5.41, 5.74) is 1.61. The number of nitriles is 1. The molecule has 0 saturated carbocycles. The predicted molar refractivity (Wildman–Crippen MR) is 117 cm³/mol. The number of nitrogens with zero attached hydrogens (tertiary/aromatic N) is 4. The fourth-order valence-corrected chi connectivity index (χ4v) is 3.87. The summed E-state index contributed by atoms with van der Waals surface area (Å²) in [4.78, 5) is 22.6. The van der Waals surface area contributed by atoms with Crippen LogP contribution >= 0.6 is 11.6 Å². The average Bonchev–Trinajstić information content (AvgIpc) is 3.48. The SMILES string of the molecule is N#Cc1cnc(NC(=O)Nc2cc(Cl)c(OCC3CCCO3)cc2N2CCCC2)cn1. The van der Waals surface area contributed by atoms with Gasteiger partial charge in [-0.2, -0.15) is 5.26 Å². The normalized spacial score (nSPS) is 17.9. The number of aromatic nitrogens is 2. The van der Waals surface area contributed by atoms with Crippen molar-refractivity contribution in [2.24, 2.45) is 0 Å². The number of amides is 2. The third kappa shape index (κ3) is 5.34. The van der Waals surface area contributed by atoms with E-state index in [4.69, 9.17) is 26.3 Å². The minimum absolute atomic E-state index is 0.0865. The lowest BCUT2D eigenvalue weighted by molar-refractivity contribution is 0.0680. The average molecular weight is 443 g/mol. The highest BCUT2D eigenvalue weighted by atomic mass is 35.5. The van der Waals surface area contributed by atoms with Crippen LogP contribution in [0.1, 0.15) is 31.4 Å². The van der Waals surface area contributed by atoms with Gasteiger partial charge in [-0.05, 0) is 31.7 Å². The van der Waals surface area contributed by atoms with Gasteiger partial charge in [-0.3, -0.25) is 5.32 Å². The van der Waals surface area contributed by atoms with Gasteiger partial charge < -0.3 is 19.7 Å². The van der Waals surface area contributed by atoms with E-state index < -0.39 is 6.03 Å². The lowest BCUT2D eigenvalue weighted by atomic mass is 10.2. The Labute approximate surface area is 185 Å². The summed E-state index contributed by atoms with van der Waals surface area (Å²) in [6.45, 7) is 3.00. The molecular formula is C21H23ClN6O3. The number of halogens is 1. The first-order chi connectivity index (χ1) is 15.1. The maximum Gasteiger partial charge on any atom is 0.324 e. The van der Waals surface area contributed by atoms with Crippen molar-refractivity contribution in [2.75, 3.05) is 41.8 Å². The van der Waals surface area contributed by atoms with Crippen LogP contribution in [0.5, 0.6) is 5.75 Å². The Morgan fingerprint density at radius 2 is 2.10 bits per heavy atom. The largest absolute Gasteiger partial charge is 0.489 e. The molecule has 0 radical (unpaired) electrons. The van der Waals surface area contributed by atoms with Crippen LogP contribution in [0.4, 0.5) is 22.0 Å². The van der Waals surface area contributed by atoms with Crippen molar-refractivity contribution in [3.05, 3.63) is 35.2 Å². The van der Waals surface area contributed by atoms with Crippen molar-refractivity contribution >= 4 is 34.8 Å². The lowest BCUT2D eigenvalue weighted by Crippen LogP contribution is -2.24. The number of benzene rings is 1. The van der Waals surface area contributed by atoms with Gasteiger partial charge in [0, 0.05) is 25.8 Å². The predicted octanol–water partition coefficient (Wildman–Crippen LogP) is 3.80.